The van der Waals surface area contributed by atoms with E-state index in [0.717, 1.165) is 23.4 Å². The van der Waals surface area contributed by atoms with Gasteiger partial charge in [-0.1, -0.05) is 0 Å². The van der Waals surface area contributed by atoms with Crippen molar-refractivity contribution in [1.82, 2.24) is 0 Å². The summed E-state index contributed by atoms with van der Waals surface area (Å²) in [5.74, 6) is 0.959. The smallest absolute Gasteiger partial charge is 0.173 e. The van der Waals surface area contributed by atoms with E-state index in [0.29, 0.717) is 0 Å². The van der Waals surface area contributed by atoms with Gasteiger partial charge in [0, 0.05) is 6.08 Å². The highest BCUT2D eigenvalue weighted by molar-refractivity contribution is 9.11. The van der Waals surface area contributed by atoms with E-state index in [1.54, 1.807) is 0 Å². The lowest BCUT2D eigenvalue weighted by atomic mass is 10.3. The van der Waals surface area contributed by atoms with Crippen LogP contribution in [0.5, 0.6) is 0 Å². The Labute approximate surface area is 82.2 Å². The van der Waals surface area contributed by atoms with Gasteiger partial charge in [0.25, 0.3) is 0 Å². The first-order valence-corrected chi connectivity index (χ1v) is 4.87. The molecule has 0 amide bonds. The van der Waals surface area contributed by atoms with Gasteiger partial charge in [-0.05, 0) is 22.9 Å². The fourth-order valence-corrected chi connectivity index (χ4v) is 2.13. The van der Waals surface area contributed by atoms with E-state index in [-0.39, 0.29) is 0 Å². The molecule has 0 fully saturated rings. The Morgan fingerprint density at radius 3 is 2.75 bits per heavy atom. The Hall–Kier alpha value is -0.280. The van der Waals surface area contributed by atoms with Crippen molar-refractivity contribution in [2.24, 2.45) is 0 Å². The van der Waals surface area contributed by atoms with Gasteiger partial charge in [0.1, 0.15) is 12.7 Å². The molecule has 1 aliphatic heterocycles. The number of ether oxygens (including phenoxy) is 1. The molecule has 0 atom stereocenters. The molecule has 3 heteroatoms. The summed E-state index contributed by atoms with van der Waals surface area (Å²) in [5, 5.41) is 0. The lowest BCUT2D eigenvalue weighted by Crippen LogP contribution is -2.36. The minimum atomic E-state index is 0.725. The van der Waals surface area contributed by atoms with Crippen LogP contribution in [0.25, 0.3) is 0 Å². The first-order valence-electron chi connectivity index (χ1n) is 4.08. The largest absolute Gasteiger partial charge is 0.488 e. The van der Waals surface area contributed by atoms with Gasteiger partial charge >= 0.3 is 0 Å². The van der Waals surface area contributed by atoms with Crippen LogP contribution in [0.4, 0.5) is 0 Å². The molecule has 12 heavy (non-hydrogen) atoms. The average Bonchev–Trinajstić information content (AvgIpc) is 1.82. The van der Waals surface area contributed by atoms with Crippen LogP contribution < -0.4 is 0 Å². The van der Waals surface area contributed by atoms with Crippen molar-refractivity contribution >= 4 is 15.9 Å². The summed E-state index contributed by atoms with van der Waals surface area (Å²) in [7, 11) is 4.29. The molecule has 0 spiro atoms. The Kier molecular flexibility index (Phi) is 2.96. The SMILES string of the molecule is CCOC1=C[N+](C)(C)CC(Br)=C1. The minimum Gasteiger partial charge on any atom is -0.488 e. The van der Waals surface area contributed by atoms with Crippen LogP contribution in [-0.2, 0) is 4.74 Å². The summed E-state index contributed by atoms with van der Waals surface area (Å²) in [6.07, 6.45) is 4.15. The molecule has 0 N–H and O–H groups in total. The van der Waals surface area contributed by atoms with Crippen molar-refractivity contribution < 1.29 is 9.22 Å². The van der Waals surface area contributed by atoms with E-state index in [9.17, 15) is 0 Å². The Morgan fingerprint density at radius 2 is 2.25 bits per heavy atom. The third-order valence-corrected chi connectivity index (χ3v) is 2.12. The van der Waals surface area contributed by atoms with Crippen molar-refractivity contribution in [3.05, 3.63) is 22.5 Å². The number of hydrogen-bond acceptors (Lipinski definition) is 1. The number of halogens is 1. The maximum absolute atomic E-state index is 5.43. The first-order chi connectivity index (χ1) is 5.53. The van der Waals surface area contributed by atoms with Gasteiger partial charge in [0.05, 0.1) is 25.2 Å². The Bertz CT molecular complexity index is 231. The third-order valence-electron chi connectivity index (χ3n) is 1.65. The Balaban J connectivity index is 2.78. The van der Waals surface area contributed by atoms with Gasteiger partial charge in [-0.2, -0.15) is 0 Å². The molecule has 0 aromatic heterocycles. The zero-order valence-electron chi connectivity index (χ0n) is 7.80. The molecular weight excluding hydrogens is 218 g/mol. The zero-order chi connectivity index (χ0) is 9.19. The van der Waals surface area contributed by atoms with Crippen molar-refractivity contribution in [2.75, 3.05) is 27.2 Å². The fraction of sp³-hybridized carbons (Fsp3) is 0.556. The lowest BCUT2D eigenvalue weighted by Gasteiger charge is -2.28. The van der Waals surface area contributed by atoms with Crippen molar-refractivity contribution in [3.63, 3.8) is 0 Å². The number of allylic oxidation sites excluding steroid dienone is 1. The third kappa shape index (κ3) is 2.64. The molecule has 1 rings (SSSR count). The highest BCUT2D eigenvalue weighted by Crippen LogP contribution is 2.21. The highest BCUT2D eigenvalue weighted by Gasteiger charge is 2.20. The quantitative estimate of drug-likeness (QED) is 0.664. The van der Waals surface area contributed by atoms with Crippen molar-refractivity contribution in [1.29, 1.82) is 0 Å². The van der Waals surface area contributed by atoms with Crippen molar-refractivity contribution in [3.8, 4) is 0 Å². The number of rotatable bonds is 2. The molecule has 1 heterocycles. The van der Waals surface area contributed by atoms with Crippen LogP contribution in [0.3, 0.4) is 0 Å². The van der Waals surface area contributed by atoms with Crippen molar-refractivity contribution in [2.45, 2.75) is 6.92 Å². The molecule has 0 radical (unpaired) electrons. The normalized spacial score (nSPS) is 21.3. The van der Waals surface area contributed by atoms with Gasteiger partial charge in [-0.3, -0.25) is 4.48 Å². The van der Waals surface area contributed by atoms with Gasteiger partial charge in [0.15, 0.2) is 5.76 Å². The monoisotopic (exact) mass is 232 g/mol. The summed E-state index contributed by atoms with van der Waals surface area (Å²) in [6.45, 7) is 3.72. The van der Waals surface area contributed by atoms with E-state index in [1.807, 2.05) is 13.0 Å². The molecular formula is C9H15BrNO+. The minimum absolute atomic E-state index is 0.725. The predicted molar refractivity (Wildman–Crippen MR) is 53.7 cm³/mol. The van der Waals surface area contributed by atoms with Crippen LogP contribution in [0, 0.1) is 0 Å². The molecule has 0 unspecified atom stereocenters. The van der Waals surface area contributed by atoms with E-state index < -0.39 is 0 Å². The molecule has 0 saturated heterocycles. The maximum Gasteiger partial charge on any atom is 0.173 e. The van der Waals surface area contributed by atoms with E-state index in [2.05, 4.69) is 36.2 Å². The second-order valence-corrected chi connectivity index (χ2v) is 4.51. The molecule has 0 aromatic carbocycles. The number of likely N-dealkylation sites (N-methyl/N-ethyl adjacent to an activating group) is 1. The predicted octanol–water partition coefficient (Wildman–Crippen LogP) is 2.23. The Morgan fingerprint density at radius 1 is 1.58 bits per heavy atom. The van der Waals surface area contributed by atoms with Crippen LogP contribution in [0.15, 0.2) is 22.5 Å². The number of nitrogens with zero attached hydrogens (tertiary/aromatic N) is 1. The first kappa shape index (κ1) is 9.81. The van der Waals surface area contributed by atoms with E-state index in [1.165, 1.54) is 4.48 Å². The summed E-state index contributed by atoms with van der Waals surface area (Å²) < 4.78 is 7.46. The van der Waals surface area contributed by atoms with Gasteiger partial charge in [0.2, 0.25) is 0 Å². The second kappa shape index (κ2) is 3.62. The summed E-state index contributed by atoms with van der Waals surface area (Å²) >= 11 is 3.50. The molecule has 2 nitrogen and oxygen atoms in total. The van der Waals surface area contributed by atoms with Crippen LogP contribution in [0.2, 0.25) is 0 Å². The van der Waals surface area contributed by atoms with Crippen LogP contribution >= 0.6 is 15.9 Å². The lowest BCUT2D eigenvalue weighted by molar-refractivity contribution is -0.834. The molecule has 0 bridgehead atoms. The standard InChI is InChI=1S/C9H15BrNO/c1-4-12-9-5-8(10)6-11(2,3)7-9/h5,7H,4,6H2,1-3H3/q+1. The van der Waals surface area contributed by atoms with Gasteiger partial charge in [-0.25, -0.2) is 0 Å². The molecule has 0 aliphatic carbocycles. The molecule has 0 aromatic rings. The molecule has 1 aliphatic rings. The number of hydrogen-bond donors (Lipinski definition) is 0. The van der Waals surface area contributed by atoms with Crippen LogP contribution in [0.1, 0.15) is 6.92 Å². The second-order valence-electron chi connectivity index (χ2n) is 3.49. The van der Waals surface area contributed by atoms with Gasteiger partial charge < -0.3 is 4.74 Å². The van der Waals surface area contributed by atoms with Gasteiger partial charge in [-0.15, -0.1) is 0 Å². The molecule has 68 valence electrons. The summed E-state index contributed by atoms with van der Waals surface area (Å²) in [4.78, 5) is 0. The number of quaternary nitrogens is 1. The fourth-order valence-electron chi connectivity index (χ4n) is 1.26. The summed E-state index contributed by atoms with van der Waals surface area (Å²) in [5.41, 5.74) is 0. The van der Waals surface area contributed by atoms with Crippen LogP contribution in [-0.4, -0.2) is 31.7 Å². The summed E-state index contributed by atoms with van der Waals surface area (Å²) in [6, 6.07) is 0. The topological polar surface area (TPSA) is 9.23 Å². The molecule has 0 saturated carbocycles. The average molecular weight is 233 g/mol. The maximum atomic E-state index is 5.43. The highest BCUT2D eigenvalue weighted by atomic mass is 79.9. The zero-order valence-corrected chi connectivity index (χ0v) is 9.39. The van der Waals surface area contributed by atoms with E-state index >= 15 is 0 Å². The van der Waals surface area contributed by atoms with E-state index in [4.69, 9.17) is 4.74 Å².